The van der Waals surface area contributed by atoms with Gasteiger partial charge in [0.2, 0.25) is 5.54 Å². The highest BCUT2D eigenvalue weighted by Crippen LogP contribution is 2.44. The van der Waals surface area contributed by atoms with Gasteiger partial charge in [0.25, 0.3) is 5.91 Å². The summed E-state index contributed by atoms with van der Waals surface area (Å²) in [6, 6.07) is 14.9. The van der Waals surface area contributed by atoms with E-state index in [-0.39, 0.29) is 13.2 Å². The zero-order chi connectivity index (χ0) is 25.8. The van der Waals surface area contributed by atoms with Crippen molar-refractivity contribution in [2.45, 2.75) is 24.6 Å². The molecule has 2 aromatic rings. The first-order valence-corrected chi connectivity index (χ1v) is 10.7. The van der Waals surface area contributed by atoms with Crippen molar-refractivity contribution in [2.24, 2.45) is 0 Å². The minimum absolute atomic E-state index is 0.197. The molecule has 1 aliphatic carbocycles. The molecule has 0 spiro atoms. The largest absolute Gasteiger partial charge is 0.480 e. The molecule has 0 saturated carbocycles. The number of nitrogens with one attached hydrogen (secondary N) is 1. The van der Waals surface area contributed by atoms with Crippen molar-refractivity contribution in [3.05, 3.63) is 59.7 Å². The predicted octanol–water partition coefficient (Wildman–Crippen LogP) is 3.41. The summed E-state index contributed by atoms with van der Waals surface area (Å²) in [5.41, 5.74) is 0.190. The lowest BCUT2D eigenvalue weighted by molar-refractivity contribution is -0.201. The molecule has 1 unspecified atom stereocenters. The minimum atomic E-state index is -5.24. The van der Waals surface area contributed by atoms with Gasteiger partial charge >= 0.3 is 18.2 Å². The standard InChI is InChI=1S/C24H25F3N2O6/c1-23(24(25,26)27,21(32)29(11-12-34-2)13-20(30)31)28-22(33)35-14-19-17-9-5-3-7-15(17)16-8-4-6-10-18(16)19/h3-10,19H,11-14H2,1-2H3,(H,28,33)(H,30,31). The average molecular weight is 494 g/mol. The number of carboxylic acid groups (broad SMARTS) is 1. The molecule has 188 valence electrons. The second kappa shape index (κ2) is 10.3. The molecule has 1 aliphatic rings. The van der Waals surface area contributed by atoms with Crippen LogP contribution in [-0.4, -0.2) is 73.1 Å². The summed E-state index contributed by atoms with van der Waals surface area (Å²) in [5.74, 6) is -3.55. The van der Waals surface area contributed by atoms with E-state index < -0.39 is 48.7 Å². The summed E-state index contributed by atoms with van der Waals surface area (Å²) < 4.78 is 51.8. The Balaban J connectivity index is 1.78. The van der Waals surface area contributed by atoms with Gasteiger partial charge in [-0.25, -0.2) is 4.79 Å². The van der Waals surface area contributed by atoms with Crippen LogP contribution >= 0.6 is 0 Å². The van der Waals surface area contributed by atoms with Crippen molar-refractivity contribution < 1.29 is 42.1 Å². The van der Waals surface area contributed by atoms with E-state index in [1.807, 2.05) is 48.5 Å². The van der Waals surface area contributed by atoms with Crippen LogP contribution in [0.2, 0.25) is 0 Å². The van der Waals surface area contributed by atoms with E-state index in [9.17, 15) is 27.6 Å². The monoisotopic (exact) mass is 494 g/mol. The highest BCUT2D eigenvalue weighted by molar-refractivity contribution is 5.92. The van der Waals surface area contributed by atoms with Gasteiger partial charge in [-0.3, -0.25) is 14.9 Å². The highest BCUT2D eigenvalue weighted by Gasteiger charge is 2.59. The number of benzene rings is 2. The van der Waals surface area contributed by atoms with E-state index in [1.54, 1.807) is 5.32 Å². The SMILES string of the molecule is COCCN(CC(=O)O)C(=O)C(C)(NC(=O)OCC1c2ccccc2-c2ccccc21)C(F)(F)F. The summed E-state index contributed by atoms with van der Waals surface area (Å²) in [5, 5.41) is 10.6. The van der Waals surface area contributed by atoms with E-state index in [4.69, 9.17) is 14.6 Å². The fourth-order valence-corrected chi connectivity index (χ4v) is 4.02. The topological polar surface area (TPSA) is 105 Å². The first-order valence-electron chi connectivity index (χ1n) is 10.7. The molecule has 0 saturated heterocycles. The molecule has 2 amide bonds. The van der Waals surface area contributed by atoms with E-state index in [2.05, 4.69) is 0 Å². The number of fused-ring (bicyclic) bond motifs is 3. The third-order valence-corrected chi connectivity index (χ3v) is 5.87. The second-order valence-corrected chi connectivity index (χ2v) is 8.19. The van der Waals surface area contributed by atoms with Gasteiger partial charge in [-0.2, -0.15) is 13.2 Å². The molecule has 0 aromatic heterocycles. The fraction of sp³-hybridized carbons (Fsp3) is 0.375. The number of alkyl carbamates (subject to hydrolysis) is 1. The first-order chi connectivity index (χ1) is 16.5. The molecule has 0 radical (unpaired) electrons. The Morgan fingerprint density at radius 2 is 1.57 bits per heavy atom. The number of hydrogen-bond donors (Lipinski definition) is 2. The quantitative estimate of drug-likeness (QED) is 0.554. The minimum Gasteiger partial charge on any atom is -0.480 e. The van der Waals surface area contributed by atoms with Crippen LogP contribution in [0.4, 0.5) is 18.0 Å². The van der Waals surface area contributed by atoms with E-state index in [1.165, 1.54) is 7.11 Å². The highest BCUT2D eigenvalue weighted by atomic mass is 19.4. The number of halogens is 3. The number of aliphatic carboxylic acids is 1. The molecule has 0 fully saturated rings. The molecule has 0 aliphatic heterocycles. The van der Waals surface area contributed by atoms with E-state index in [0.717, 1.165) is 22.3 Å². The number of carbonyl (C=O) groups excluding carboxylic acids is 2. The zero-order valence-corrected chi connectivity index (χ0v) is 19.1. The number of rotatable bonds is 9. The number of hydrogen-bond acceptors (Lipinski definition) is 5. The molecule has 1 atom stereocenters. The van der Waals surface area contributed by atoms with Gasteiger partial charge in [-0.05, 0) is 29.2 Å². The van der Waals surface area contributed by atoms with Crippen LogP contribution < -0.4 is 5.32 Å². The van der Waals surface area contributed by atoms with Gasteiger partial charge in [-0.1, -0.05) is 48.5 Å². The molecule has 2 aromatic carbocycles. The lowest BCUT2D eigenvalue weighted by Crippen LogP contribution is -2.66. The Kier molecular flexibility index (Phi) is 7.69. The Bertz CT molecular complexity index is 1060. The third-order valence-electron chi connectivity index (χ3n) is 5.87. The normalized spacial score (nSPS) is 14.4. The van der Waals surface area contributed by atoms with Gasteiger partial charge < -0.3 is 19.5 Å². The molecule has 3 rings (SSSR count). The van der Waals surface area contributed by atoms with Crippen molar-refractivity contribution >= 4 is 18.0 Å². The van der Waals surface area contributed by atoms with Gasteiger partial charge in [0.05, 0.1) is 6.61 Å². The number of amides is 2. The summed E-state index contributed by atoms with van der Waals surface area (Å²) in [4.78, 5) is 36.9. The Labute approximate surface area is 199 Å². The second-order valence-electron chi connectivity index (χ2n) is 8.19. The van der Waals surface area contributed by atoms with Crippen molar-refractivity contribution in [1.82, 2.24) is 10.2 Å². The Morgan fingerprint density at radius 1 is 1.03 bits per heavy atom. The molecule has 0 bridgehead atoms. The Morgan fingerprint density at radius 3 is 2.06 bits per heavy atom. The van der Waals surface area contributed by atoms with Gasteiger partial charge in [-0.15, -0.1) is 0 Å². The third kappa shape index (κ3) is 5.40. The van der Waals surface area contributed by atoms with Crippen LogP contribution in [0.5, 0.6) is 0 Å². The zero-order valence-electron chi connectivity index (χ0n) is 19.1. The van der Waals surface area contributed by atoms with Crippen molar-refractivity contribution in [3.8, 4) is 11.1 Å². The van der Waals surface area contributed by atoms with Crippen LogP contribution in [-0.2, 0) is 19.1 Å². The number of carbonyl (C=O) groups is 3. The summed E-state index contributed by atoms with van der Waals surface area (Å²) in [7, 11) is 1.25. The lowest BCUT2D eigenvalue weighted by atomic mass is 9.98. The average Bonchev–Trinajstić information content (AvgIpc) is 3.12. The summed E-state index contributed by atoms with van der Waals surface area (Å²) in [6.45, 7) is -1.40. The van der Waals surface area contributed by atoms with Gasteiger partial charge in [0, 0.05) is 19.6 Å². The molecular formula is C24H25F3N2O6. The van der Waals surface area contributed by atoms with Crippen LogP contribution in [0.25, 0.3) is 11.1 Å². The maximum absolute atomic E-state index is 14.0. The van der Waals surface area contributed by atoms with Gasteiger partial charge in [0.15, 0.2) is 0 Å². The first kappa shape index (κ1) is 26.0. The molecular weight excluding hydrogens is 469 g/mol. The summed E-state index contributed by atoms with van der Waals surface area (Å²) >= 11 is 0. The molecule has 0 heterocycles. The van der Waals surface area contributed by atoms with Crippen molar-refractivity contribution in [1.29, 1.82) is 0 Å². The predicted molar refractivity (Wildman–Crippen MR) is 119 cm³/mol. The maximum Gasteiger partial charge on any atom is 0.420 e. The molecule has 11 heteroatoms. The van der Waals surface area contributed by atoms with Crippen LogP contribution in [0, 0.1) is 0 Å². The van der Waals surface area contributed by atoms with Crippen molar-refractivity contribution in [2.75, 3.05) is 33.4 Å². The number of ether oxygens (including phenoxy) is 2. The smallest absolute Gasteiger partial charge is 0.420 e. The molecule has 35 heavy (non-hydrogen) atoms. The fourth-order valence-electron chi connectivity index (χ4n) is 4.02. The van der Waals surface area contributed by atoms with Crippen LogP contribution in [0.15, 0.2) is 48.5 Å². The lowest BCUT2D eigenvalue weighted by Gasteiger charge is -2.35. The maximum atomic E-state index is 14.0. The molecule has 2 N–H and O–H groups in total. The number of nitrogens with zero attached hydrogens (tertiary/aromatic N) is 1. The molecule has 8 nitrogen and oxygen atoms in total. The Hall–Kier alpha value is -3.60. The van der Waals surface area contributed by atoms with Crippen LogP contribution in [0.1, 0.15) is 24.0 Å². The number of carboxylic acids is 1. The van der Waals surface area contributed by atoms with Gasteiger partial charge in [0.1, 0.15) is 13.2 Å². The van der Waals surface area contributed by atoms with E-state index in [0.29, 0.717) is 11.8 Å². The number of alkyl halides is 3. The number of methoxy groups -OCH3 is 1. The van der Waals surface area contributed by atoms with E-state index >= 15 is 0 Å². The summed E-state index contributed by atoms with van der Waals surface area (Å²) in [6.07, 6.45) is -6.69. The van der Waals surface area contributed by atoms with Crippen molar-refractivity contribution in [3.63, 3.8) is 0 Å². The van der Waals surface area contributed by atoms with Crippen LogP contribution in [0.3, 0.4) is 0 Å².